The van der Waals surface area contributed by atoms with Crippen LogP contribution in [-0.2, 0) is 0 Å². The van der Waals surface area contributed by atoms with Gasteiger partial charge in [0.05, 0.1) is 4.70 Å². The summed E-state index contributed by atoms with van der Waals surface area (Å²) in [5, 5.41) is 5.54. The van der Waals surface area contributed by atoms with Crippen molar-refractivity contribution in [1.29, 1.82) is 0 Å². The fourth-order valence-corrected chi connectivity index (χ4v) is 2.89. The van der Waals surface area contributed by atoms with Gasteiger partial charge in [0.1, 0.15) is 0 Å². The summed E-state index contributed by atoms with van der Waals surface area (Å²) in [5.74, 6) is 0. The Kier molecular flexibility index (Phi) is 1.85. The largest absolute Gasteiger partial charge is 0.200 e. The Bertz CT molecular complexity index is 551. The summed E-state index contributed by atoms with van der Waals surface area (Å²) in [6.07, 6.45) is 1.95. The highest BCUT2D eigenvalue weighted by molar-refractivity contribution is 7.13. The molecule has 68 valence electrons. The SMILES string of the molecule is c1cc(-c2ccsc2)c2cnsc2c1. The third-order valence-electron chi connectivity index (χ3n) is 2.23. The van der Waals surface area contributed by atoms with E-state index in [1.807, 2.05) is 6.20 Å². The molecule has 0 fully saturated rings. The Morgan fingerprint density at radius 3 is 3.00 bits per heavy atom. The molecular weight excluding hydrogens is 210 g/mol. The molecule has 0 spiro atoms. The highest BCUT2D eigenvalue weighted by atomic mass is 32.1. The van der Waals surface area contributed by atoms with Crippen LogP contribution in [0.2, 0.25) is 0 Å². The molecule has 0 radical (unpaired) electrons. The van der Waals surface area contributed by atoms with Crippen LogP contribution in [0.5, 0.6) is 0 Å². The van der Waals surface area contributed by atoms with E-state index in [9.17, 15) is 0 Å². The highest BCUT2D eigenvalue weighted by Gasteiger charge is 2.04. The second-order valence-electron chi connectivity index (χ2n) is 3.06. The van der Waals surface area contributed by atoms with E-state index in [1.54, 1.807) is 22.9 Å². The average Bonchev–Trinajstić information content (AvgIpc) is 2.88. The zero-order valence-corrected chi connectivity index (χ0v) is 8.94. The first-order valence-corrected chi connectivity index (χ1v) is 6.03. The Labute approximate surface area is 89.8 Å². The van der Waals surface area contributed by atoms with Gasteiger partial charge in [-0.25, -0.2) is 0 Å². The molecule has 14 heavy (non-hydrogen) atoms. The quantitative estimate of drug-likeness (QED) is 0.600. The van der Waals surface area contributed by atoms with Gasteiger partial charge in [0, 0.05) is 11.6 Å². The van der Waals surface area contributed by atoms with Crippen molar-refractivity contribution in [3.05, 3.63) is 41.2 Å². The lowest BCUT2D eigenvalue weighted by molar-refractivity contribution is 1.60. The zero-order valence-electron chi connectivity index (χ0n) is 7.31. The molecule has 2 aromatic heterocycles. The molecule has 0 unspecified atom stereocenters. The summed E-state index contributed by atoms with van der Waals surface area (Å²) in [6.45, 7) is 0. The second-order valence-corrected chi connectivity index (χ2v) is 4.67. The van der Waals surface area contributed by atoms with E-state index in [4.69, 9.17) is 0 Å². The van der Waals surface area contributed by atoms with Crippen LogP contribution in [0.3, 0.4) is 0 Å². The van der Waals surface area contributed by atoms with Crippen LogP contribution in [0.25, 0.3) is 21.2 Å². The molecule has 0 saturated carbocycles. The van der Waals surface area contributed by atoms with Crippen LogP contribution >= 0.6 is 22.9 Å². The maximum absolute atomic E-state index is 4.22. The topological polar surface area (TPSA) is 12.9 Å². The van der Waals surface area contributed by atoms with Crippen molar-refractivity contribution in [3.8, 4) is 11.1 Å². The zero-order chi connectivity index (χ0) is 9.38. The monoisotopic (exact) mass is 217 g/mol. The molecule has 0 saturated heterocycles. The molecule has 0 N–H and O–H groups in total. The second kappa shape index (κ2) is 3.19. The third kappa shape index (κ3) is 1.17. The standard InChI is InChI=1S/C11H7NS2/c1-2-9(8-4-5-13-7-8)10-6-12-14-11(10)3-1/h1-7H. The van der Waals surface area contributed by atoms with Gasteiger partial charge in [-0.2, -0.15) is 15.7 Å². The van der Waals surface area contributed by atoms with Crippen LogP contribution in [0.4, 0.5) is 0 Å². The third-order valence-corrected chi connectivity index (χ3v) is 3.68. The number of hydrogen-bond donors (Lipinski definition) is 0. The van der Waals surface area contributed by atoms with E-state index in [0.717, 1.165) is 0 Å². The minimum absolute atomic E-state index is 1.26. The lowest BCUT2D eigenvalue weighted by Crippen LogP contribution is -1.73. The number of rotatable bonds is 1. The first-order valence-electron chi connectivity index (χ1n) is 4.31. The average molecular weight is 217 g/mol. The molecule has 3 heteroatoms. The van der Waals surface area contributed by atoms with Crippen molar-refractivity contribution in [2.75, 3.05) is 0 Å². The Morgan fingerprint density at radius 1 is 1.14 bits per heavy atom. The lowest BCUT2D eigenvalue weighted by atomic mass is 10.1. The van der Waals surface area contributed by atoms with E-state index in [0.29, 0.717) is 0 Å². The van der Waals surface area contributed by atoms with Crippen molar-refractivity contribution >= 4 is 33.0 Å². The predicted octanol–water partition coefficient (Wildman–Crippen LogP) is 4.02. The summed E-state index contributed by atoms with van der Waals surface area (Å²) in [6, 6.07) is 8.51. The van der Waals surface area contributed by atoms with Crippen molar-refractivity contribution in [2.45, 2.75) is 0 Å². The van der Waals surface area contributed by atoms with E-state index >= 15 is 0 Å². The van der Waals surface area contributed by atoms with Crippen LogP contribution in [0, 0.1) is 0 Å². The lowest BCUT2D eigenvalue weighted by Gasteiger charge is -1.98. The molecule has 1 nitrogen and oxygen atoms in total. The van der Waals surface area contributed by atoms with E-state index < -0.39 is 0 Å². The van der Waals surface area contributed by atoms with E-state index in [1.165, 1.54) is 21.2 Å². The Morgan fingerprint density at radius 2 is 2.14 bits per heavy atom. The van der Waals surface area contributed by atoms with Crippen molar-refractivity contribution in [1.82, 2.24) is 4.37 Å². The molecule has 0 aliphatic carbocycles. The maximum atomic E-state index is 4.22. The number of benzene rings is 1. The molecule has 0 aliphatic heterocycles. The van der Waals surface area contributed by atoms with E-state index in [-0.39, 0.29) is 0 Å². The Hall–Kier alpha value is -1.19. The van der Waals surface area contributed by atoms with Gasteiger partial charge in [-0.1, -0.05) is 12.1 Å². The molecule has 2 heterocycles. The van der Waals surface area contributed by atoms with Gasteiger partial charge in [-0.05, 0) is 45.6 Å². The predicted molar refractivity (Wildman–Crippen MR) is 62.9 cm³/mol. The smallest absolute Gasteiger partial charge is 0.0556 e. The van der Waals surface area contributed by atoms with Gasteiger partial charge in [0.2, 0.25) is 0 Å². The van der Waals surface area contributed by atoms with E-state index in [2.05, 4.69) is 39.4 Å². The van der Waals surface area contributed by atoms with Crippen LogP contribution < -0.4 is 0 Å². The summed E-state index contributed by atoms with van der Waals surface area (Å²) in [7, 11) is 0. The van der Waals surface area contributed by atoms with Gasteiger partial charge in [0.15, 0.2) is 0 Å². The minimum Gasteiger partial charge on any atom is -0.200 e. The van der Waals surface area contributed by atoms with Crippen LogP contribution in [0.15, 0.2) is 41.2 Å². The molecule has 0 amide bonds. The number of thiophene rings is 1. The maximum Gasteiger partial charge on any atom is 0.0556 e. The fourth-order valence-electron chi connectivity index (χ4n) is 1.56. The number of fused-ring (bicyclic) bond motifs is 1. The van der Waals surface area contributed by atoms with Crippen LogP contribution in [-0.4, -0.2) is 4.37 Å². The van der Waals surface area contributed by atoms with Gasteiger partial charge in [0.25, 0.3) is 0 Å². The number of hydrogen-bond acceptors (Lipinski definition) is 3. The van der Waals surface area contributed by atoms with Crippen molar-refractivity contribution in [2.24, 2.45) is 0 Å². The number of nitrogens with zero attached hydrogens (tertiary/aromatic N) is 1. The van der Waals surface area contributed by atoms with Gasteiger partial charge < -0.3 is 0 Å². The first-order chi connectivity index (χ1) is 6.95. The number of aromatic nitrogens is 1. The molecular formula is C11H7NS2. The molecule has 3 rings (SSSR count). The van der Waals surface area contributed by atoms with Gasteiger partial charge >= 0.3 is 0 Å². The van der Waals surface area contributed by atoms with Crippen molar-refractivity contribution < 1.29 is 0 Å². The summed E-state index contributed by atoms with van der Waals surface area (Å²) in [5.41, 5.74) is 2.58. The fraction of sp³-hybridized carbons (Fsp3) is 0. The summed E-state index contributed by atoms with van der Waals surface area (Å²) in [4.78, 5) is 0. The molecule has 0 aliphatic rings. The minimum atomic E-state index is 1.26. The highest BCUT2D eigenvalue weighted by Crippen LogP contribution is 2.31. The molecule has 3 aromatic rings. The van der Waals surface area contributed by atoms with Crippen LogP contribution in [0.1, 0.15) is 0 Å². The molecule has 0 atom stereocenters. The van der Waals surface area contributed by atoms with Gasteiger partial charge in [-0.3, -0.25) is 0 Å². The van der Waals surface area contributed by atoms with Crippen molar-refractivity contribution in [3.63, 3.8) is 0 Å². The Balaban J connectivity index is 2.36. The summed E-state index contributed by atoms with van der Waals surface area (Å²) >= 11 is 3.28. The summed E-state index contributed by atoms with van der Waals surface area (Å²) < 4.78 is 5.47. The normalized spacial score (nSPS) is 10.9. The molecule has 1 aromatic carbocycles. The first kappa shape index (κ1) is 8.15. The van der Waals surface area contributed by atoms with Gasteiger partial charge in [-0.15, -0.1) is 0 Å². The molecule has 0 bridgehead atoms.